The Labute approximate surface area is 98.1 Å². The molecule has 4 rings (SSSR count). The molecule has 0 amide bonds. The van der Waals surface area contributed by atoms with E-state index in [1.54, 1.807) is 6.92 Å². The fourth-order valence-electron chi connectivity index (χ4n) is 5.16. The summed E-state index contributed by atoms with van der Waals surface area (Å²) in [6.07, 6.45) is 7.89. The molecule has 2 N–H and O–H groups in total. The summed E-state index contributed by atoms with van der Waals surface area (Å²) in [5.74, 6) is 2.65. The molecule has 0 aromatic rings. The van der Waals surface area contributed by atoms with Gasteiger partial charge in [-0.1, -0.05) is 0 Å². The quantitative estimate of drug-likeness (QED) is 0.772. The first-order valence-corrected chi connectivity index (χ1v) is 6.93. The van der Waals surface area contributed by atoms with Gasteiger partial charge in [0.25, 0.3) is 0 Å². The van der Waals surface area contributed by atoms with Gasteiger partial charge in [0.2, 0.25) is 0 Å². The van der Waals surface area contributed by atoms with Crippen LogP contribution in [-0.2, 0) is 0 Å². The molecule has 92 valence electrons. The standard InChI is InChI=1S/C14H24O2/c1-9(15)2-13(16)14-6-10-3-11(7-14)5-12(4-10)8-14/h9-13,15-16H,2-8H2,1H3. The Bertz CT molecular complexity index is 237. The highest BCUT2D eigenvalue weighted by molar-refractivity contribution is 5.04. The zero-order valence-corrected chi connectivity index (χ0v) is 10.2. The van der Waals surface area contributed by atoms with Crippen molar-refractivity contribution in [1.29, 1.82) is 0 Å². The van der Waals surface area contributed by atoms with Crippen molar-refractivity contribution < 1.29 is 10.2 Å². The van der Waals surface area contributed by atoms with Gasteiger partial charge in [0.1, 0.15) is 0 Å². The average molecular weight is 224 g/mol. The van der Waals surface area contributed by atoms with Crippen LogP contribution in [0.15, 0.2) is 0 Å². The molecule has 4 aliphatic rings. The molecular formula is C14H24O2. The molecule has 0 aromatic carbocycles. The first kappa shape index (κ1) is 11.0. The number of rotatable bonds is 3. The van der Waals surface area contributed by atoms with Crippen molar-refractivity contribution >= 4 is 0 Å². The lowest BCUT2D eigenvalue weighted by Crippen LogP contribution is -2.52. The second-order valence-electron chi connectivity index (χ2n) is 6.88. The zero-order valence-electron chi connectivity index (χ0n) is 10.2. The van der Waals surface area contributed by atoms with Crippen molar-refractivity contribution in [2.75, 3.05) is 0 Å². The van der Waals surface area contributed by atoms with E-state index in [4.69, 9.17) is 0 Å². The van der Waals surface area contributed by atoms with Crippen LogP contribution in [0.4, 0.5) is 0 Å². The third-order valence-electron chi connectivity index (χ3n) is 5.36. The molecule has 0 spiro atoms. The lowest BCUT2D eigenvalue weighted by molar-refractivity contribution is -0.129. The molecule has 2 unspecified atom stereocenters. The molecule has 2 nitrogen and oxygen atoms in total. The molecule has 4 bridgehead atoms. The maximum Gasteiger partial charge on any atom is 0.0621 e. The predicted molar refractivity (Wildman–Crippen MR) is 62.9 cm³/mol. The van der Waals surface area contributed by atoms with Crippen molar-refractivity contribution in [2.45, 2.75) is 64.1 Å². The largest absolute Gasteiger partial charge is 0.393 e. The third-order valence-corrected chi connectivity index (χ3v) is 5.36. The Morgan fingerprint density at radius 2 is 1.44 bits per heavy atom. The Kier molecular flexibility index (Phi) is 2.56. The summed E-state index contributed by atoms with van der Waals surface area (Å²) in [5, 5.41) is 19.9. The van der Waals surface area contributed by atoms with Gasteiger partial charge in [-0.2, -0.15) is 0 Å². The molecule has 0 aromatic heterocycles. The van der Waals surface area contributed by atoms with Crippen LogP contribution >= 0.6 is 0 Å². The van der Waals surface area contributed by atoms with Crippen molar-refractivity contribution in [1.82, 2.24) is 0 Å². The van der Waals surface area contributed by atoms with E-state index in [1.165, 1.54) is 38.5 Å². The fourth-order valence-corrected chi connectivity index (χ4v) is 5.16. The SMILES string of the molecule is CC(O)CC(O)C12CC3CC(CC(C3)C1)C2. The first-order valence-electron chi connectivity index (χ1n) is 6.93. The van der Waals surface area contributed by atoms with Gasteiger partial charge >= 0.3 is 0 Å². The van der Waals surface area contributed by atoms with E-state index < -0.39 is 0 Å². The molecule has 16 heavy (non-hydrogen) atoms. The number of aliphatic hydroxyl groups excluding tert-OH is 2. The van der Waals surface area contributed by atoms with Gasteiger partial charge in [-0.25, -0.2) is 0 Å². The second kappa shape index (κ2) is 3.71. The highest BCUT2D eigenvalue weighted by Gasteiger charge is 2.53. The summed E-state index contributed by atoms with van der Waals surface area (Å²) in [7, 11) is 0. The Balaban J connectivity index is 1.77. The topological polar surface area (TPSA) is 40.5 Å². The molecule has 2 atom stereocenters. The molecule has 0 heterocycles. The molecule has 4 saturated carbocycles. The van der Waals surface area contributed by atoms with Crippen molar-refractivity contribution in [2.24, 2.45) is 23.2 Å². The monoisotopic (exact) mass is 224 g/mol. The third kappa shape index (κ3) is 1.70. The van der Waals surface area contributed by atoms with E-state index in [1.807, 2.05) is 0 Å². The number of aliphatic hydroxyl groups is 2. The lowest BCUT2D eigenvalue weighted by Gasteiger charge is -2.58. The van der Waals surface area contributed by atoms with Gasteiger partial charge in [-0.3, -0.25) is 0 Å². The van der Waals surface area contributed by atoms with Crippen LogP contribution in [0.2, 0.25) is 0 Å². The van der Waals surface area contributed by atoms with Crippen molar-refractivity contribution in [3.63, 3.8) is 0 Å². The van der Waals surface area contributed by atoms with Gasteiger partial charge in [0, 0.05) is 0 Å². The van der Waals surface area contributed by atoms with Gasteiger partial charge in [-0.15, -0.1) is 0 Å². The molecule has 0 radical (unpaired) electrons. The van der Waals surface area contributed by atoms with E-state index in [0.29, 0.717) is 6.42 Å². The summed E-state index contributed by atoms with van der Waals surface area (Å²) in [5.41, 5.74) is 0.186. The van der Waals surface area contributed by atoms with Gasteiger partial charge in [-0.05, 0) is 75.0 Å². The molecule has 2 heteroatoms. The summed E-state index contributed by atoms with van der Waals surface area (Å²) in [6.45, 7) is 1.80. The molecule has 0 saturated heterocycles. The smallest absolute Gasteiger partial charge is 0.0621 e. The Morgan fingerprint density at radius 1 is 1.00 bits per heavy atom. The average Bonchev–Trinajstić information content (AvgIpc) is 2.13. The van der Waals surface area contributed by atoms with Gasteiger partial charge in [0.15, 0.2) is 0 Å². The normalized spacial score (nSPS) is 49.3. The van der Waals surface area contributed by atoms with Gasteiger partial charge in [0.05, 0.1) is 12.2 Å². The molecule has 0 aliphatic heterocycles. The molecular weight excluding hydrogens is 200 g/mol. The Morgan fingerprint density at radius 3 is 1.81 bits per heavy atom. The van der Waals surface area contributed by atoms with Crippen LogP contribution in [-0.4, -0.2) is 22.4 Å². The van der Waals surface area contributed by atoms with Gasteiger partial charge < -0.3 is 10.2 Å². The predicted octanol–water partition coefficient (Wildman–Crippen LogP) is 2.33. The van der Waals surface area contributed by atoms with Crippen LogP contribution in [0.25, 0.3) is 0 Å². The van der Waals surface area contributed by atoms with E-state index >= 15 is 0 Å². The minimum Gasteiger partial charge on any atom is -0.393 e. The van der Waals surface area contributed by atoms with Crippen LogP contribution in [0.3, 0.4) is 0 Å². The summed E-state index contributed by atoms with van der Waals surface area (Å²) >= 11 is 0. The molecule has 4 aliphatic carbocycles. The maximum absolute atomic E-state index is 10.4. The van der Waals surface area contributed by atoms with Crippen molar-refractivity contribution in [3.05, 3.63) is 0 Å². The number of hydrogen-bond acceptors (Lipinski definition) is 2. The van der Waals surface area contributed by atoms with E-state index in [9.17, 15) is 10.2 Å². The zero-order chi connectivity index (χ0) is 11.3. The first-order chi connectivity index (χ1) is 7.57. The fraction of sp³-hybridized carbons (Fsp3) is 1.00. The Hall–Kier alpha value is -0.0800. The summed E-state index contributed by atoms with van der Waals surface area (Å²) in [4.78, 5) is 0. The summed E-state index contributed by atoms with van der Waals surface area (Å²) < 4.78 is 0. The lowest BCUT2D eigenvalue weighted by atomic mass is 9.48. The minimum absolute atomic E-state index is 0.186. The highest BCUT2D eigenvalue weighted by atomic mass is 16.3. The van der Waals surface area contributed by atoms with E-state index in [-0.39, 0.29) is 17.6 Å². The van der Waals surface area contributed by atoms with E-state index in [2.05, 4.69) is 0 Å². The van der Waals surface area contributed by atoms with Crippen LogP contribution in [0.5, 0.6) is 0 Å². The number of hydrogen-bond donors (Lipinski definition) is 2. The van der Waals surface area contributed by atoms with Crippen LogP contribution in [0.1, 0.15) is 51.9 Å². The van der Waals surface area contributed by atoms with Crippen molar-refractivity contribution in [3.8, 4) is 0 Å². The highest BCUT2D eigenvalue weighted by Crippen LogP contribution is 2.61. The second-order valence-corrected chi connectivity index (χ2v) is 6.88. The van der Waals surface area contributed by atoms with E-state index in [0.717, 1.165) is 17.8 Å². The minimum atomic E-state index is -0.358. The summed E-state index contributed by atoms with van der Waals surface area (Å²) in [6, 6.07) is 0. The van der Waals surface area contributed by atoms with Crippen LogP contribution < -0.4 is 0 Å². The molecule has 4 fully saturated rings. The van der Waals surface area contributed by atoms with Crippen LogP contribution in [0, 0.1) is 23.2 Å². The maximum atomic E-state index is 10.4.